The molecule has 4 aromatic rings. The molecule has 3 aromatic carbocycles. The van der Waals surface area contributed by atoms with Crippen LogP contribution in [0.2, 0.25) is 0 Å². The Hall–Kier alpha value is -4.39. The lowest BCUT2D eigenvalue weighted by Crippen LogP contribution is -2.36. The normalized spacial score (nSPS) is 11.3. The standard InChI is InChI=1S/C27H27N5O2/c1-18-7-3-5-9-24(18)31-27(28-16-15-21-17-29-25-10-6-4-8-23(21)25)32-26(34)20-11-13-22(14-12-20)30-19(2)33/h3-14,17,29H,15-16H2,1-2H3,(H,30,33)(H2,28,31,32,34). The lowest BCUT2D eigenvalue weighted by molar-refractivity contribution is -0.114. The largest absolute Gasteiger partial charge is 0.361 e. The van der Waals surface area contributed by atoms with Crippen LogP contribution < -0.4 is 16.0 Å². The fourth-order valence-corrected chi connectivity index (χ4v) is 3.67. The van der Waals surface area contributed by atoms with Crippen molar-refractivity contribution in [2.24, 2.45) is 4.99 Å². The van der Waals surface area contributed by atoms with E-state index in [4.69, 9.17) is 0 Å². The van der Waals surface area contributed by atoms with Crippen LogP contribution in [-0.2, 0) is 11.2 Å². The summed E-state index contributed by atoms with van der Waals surface area (Å²) in [5.74, 6) is -0.0735. The van der Waals surface area contributed by atoms with Crippen molar-refractivity contribution in [3.05, 3.63) is 95.7 Å². The number of aromatic amines is 1. The Labute approximate surface area is 198 Å². The molecule has 7 nitrogen and oxygen atoms in total. The highest BCUT2D eigenvalue weighted by atomic mass is 16.2. The fraction of sp³-hybridized carbons (Fsp3) is 0.148. The van der Waals surface area contributed by atoms with Crippen molar-refractivity contribution in [2.45, 2.75) is 20.3 Å². The number of carbonyl (C=O) groups excluding carboxylic acids is 2. The number of hydrogen-bond donors (Lipinski definition) is 4. The summed E-state index contributed by atoms with van der Waals surface area (Å²) >= 11 is 0. The Kier molecular flexibility index (Phi) is 7.03. The van der Waals surface area contributed by atoms with Gasteiger partial charge in [-0.2, -0.15) is 0 Å². The van der Waals surface area contributed by atoms with E-state index in [-0.39, 0.29) is 11.8 Å². The average Bonchev–Trinajstić information content (AvgIpc) is 3.23. The first-order valence-corrected chi connectivity index (χ1v) is 11.1. The predicted molar refractivity (Wildman–Crippen MR) is 137 cm³/mol. The molecule has 0 unspecified atom stereocenters. The Bertz CT molecular complexity index is 1340. The van der Waals surface area contributed by atoms with E-state index in [9.17, 15) is 9.59 Å². The number of fused-ring (bicyclic) bond motifs is 1. The number of nitrogens with one attached hydrogen (secondary N) is 4. The van der Waals surface area contributed by atoms with Crippen LogP contribution in [0.4, 0.5) is 11.4 Å². The Morgan fingerprint density at radius 2 is 1.65 bits per heavy atom. The summed E-state index contributed by atoms with van der Waals surface area (Å²) in [5, 5.41) is 10.0. The maximum absolute atomic E-state index is 12.9. The van der Waals surface area contributed by atoms with Gasteiger partial charge in [0.2, 0.25) is 11.9 Å². The molecule has 0 saturated carbocycles. The Morgan fingerprint density at radius 3 is 2.41 bits per heavy atom. The quantitative estimate of drug-likeness (QED) is 0.247. The van der Waals surface area contributed by atoms with Gasteiger partial charge in [0.25, 0.3) is 5.91 Å². The topological polar surface area (TPSA) is 98.4 Å². The van der Waals surface area contributed by atoms with Crippen molar-refractivity contribution in [3.8, 4) is 0 Å². The van der Waals surface area contributed by atoms with Crippen LogP contribution in [0.5, 0.6) is 0 Å². The molecule has 2 amide bonds. The van der Waals surface area contributed by atoms with E-state index in [1.165, 1.54) is 17.9 Å². The second-order valence-electron chi connectivity index (χ2n) is 7.99. The van der Waals surface area contributed by atoms with Gasteiger partial charge < -0.3 is 15.6 Å². The van der Waals surface area contributed by atoms with Crippen LogP contribution >= 0.6 is 0 Å². The molecular weight excluding hydrogens is 426 g/mol. The minimum absolute atomic E-state index is 0.163. The summed E-state index contributed by atoms with van der Waals surface area (Å²) in [7, 11) is 0. The van der Waals surface area contributed by atoms with Crippen molar-refractivity contribution >= 4 is 40.1 Å². The number of rotatable bonds is 6. The molecule has 0 radical (unpaired) electrons. The van der Waals surface area contributed by atoms with Crippen LogP contribution in [0.15, 0.2) is 84.0 Å². The van der Waals surface area contributed by atoms with Gasteiger partial charge in [0.1, 0.15) is 0 Å². The second-order valence-corrected chi connectivity index (χ2v) is 7.99. The molecule has 1 aromatic heterocycles. The highest BCUT2D eigenvalue weighted by molar-refractivity contribution is 6.10. The first-order chi connectivity index (χ1) is 16.5. The number of benzene rings is 3. The van der Waals surface area contributed by atoms with E-state index in [2.05, 4.69) is 32.0 Å². The number of hydrogen-bond acceptors (Lipinski definition) is 3. The molecule has 0 bridgehead atoms. The highest BCUT2D eigenvalue weighted by Gasteiger charge is 2.11. The smallest absolute Gasteiger partial charge is 0.257 e. The van der Waals surface area contributed by atoms with Gasteiger partial charge in [-0.1, -0.05) is 36.4 Å². The van der Waals surface area contributed by atoms with Crippen LogP contribution in [-0.4, -0.2) is 29.3 Å². The summed E-state index contributed by atoms with van der Waals surface area (Å²) in [5.41, 5.74) is 5.28. The monoisotopic (exact) mass is 453 g/mol. The molecule has 0 atom stereocenters. The van der Waals surface area contributed by atoms with Crippen molar-refractivity contribution in [2.75, 3.05) is 17.2 Å². The van der Waals surface area contributed by atoms with Gasteiger partial charge in [0.15, 0.2) is 0 Å². The lowest BCUT2D eigenvalue weighted by Gasteiger charge is -2.14. The number of H-pyrrole nitrogens is 1. The zero-order valence-electron chi connectivity index (χ0n) is 19.2. The number of guanidine groups is 1. The molecule has 4 rings (SSSR count). The van der Waals surface area contributed by atoms with Crippen molar-refractivity contribution in [1.82, 2.24) is 10.3 Å². The molecule has 0 aliphatic rings. The third-order valence-corrected chi connectivity index (χ3v) is 5.42. The zero-order chi connectivity index (χ0) is 23.9. The van der Waals surface area contributed by atoms with Crippen molar-refractivity contribution in [3.63, 3.8) is 0 Å². The van der Waals surface area contributed by atoms with E-state index in [1.54, 1.807) is 24.3 Å². The molecule has 0 saturated heterocycles. The molecule has 0 aliphatic heterocycles. The maximum Gasteiger partial charge on any atom is 0.257 e. The molecule has 0 fully saturated rings. The third kappa shape index (κ3) is 5.69. The maximum atomic E-state index is 12.9. The summed E-state index contributed by atoms with van der Waals surface area (Å²) in [6.45, 7) is 3.93. The zero-order valence-corrected chi connectivity index (χ0v) is 19.2. The minimum atomic E-state index is -0.290. The van der Waals surface area contributed by atoms with Crippen LogP contribution in [0.3, 0.4) is 0 Å². The first kappa shape index (κ1) is 22.8. The average molecular weight is 454 g/mol. The van der Waals surface area contributed by atoms with Crippen LogP contribution in [0, 0.1) is 6.92 Å². The molecule has 1 heterocycles. The van der Waals surface area contributed by atoms with E-state index in [0.29, 0.717) is 23.8 Å². The van der Waals surface area contributed by atoms with Crippen molar-refractivity contribution in [1.29, 1.82) is 0 Å². The van der Waals surface area contributed by atoms with Gasteiger partial charge >= 0.3 is 0 Å². The predicted octanol–water partition coefficient (Wildman–Crippen LogP) is 4.88. The van der Waals surface area contributed by atoms with Gasteiger partial charge in [-0.15, -0.1) is 0 Å². The number of aliphatic imine (C=N–C) groups is 1. The second kappa shape index (κ2) is 10.5. The number of para-hydroxylation sites is 2. The van der Waals surface area contributed by atoms with E-state index >= 15 is 0 Å². The number of amides is 2. The minimum Gasteiger partial charge on any atom is -0.361 e. The first-order valence-electron chi connectivity index (χ1n) is 11.1. The van der Waals surface area contributed by atoms with Gasteiger partial charge in [0.05, 0.1) is 0 Å². The van der Waals surface area contributed by atoms with E-state index < -0.39 is 0 Å². The van der Waals surface area contributed by atoms with Crippen LogP contribution in [0.25, 0.3) is 10.9 Å². The van der Waals surface area contributed by atoms with Gasteiger partial charge in [-0.25, -0.2) is 0 Å². The van der Waals surface area contributed by atoms with E-state index in [0.717, 1.165) is 23.2 Å². The summed E-state index contributed by atoms with van der Waals surface area (Å²) < 4.78 is 0. The summed E-state index contributed by atoms with van der Waals surface area (Å²) in [4.78, 5) is 32.1. The fourth-order valence-electron chi connectivity index (χ4n) is 3.67. The third-order valence-electron chi connectivity index (χ3n) is 5.42. The van der Waals surface area contributed by atoms with Crippen molar-refractivity contribution < 1.29 is 9.59 Å². The number of aryl methyl sites for hydroxylation is 1. The Morgan fingerprint density at radius 1 is 0.912 bits per heavy atom. The lowest BCUT2D eigenvalue weighted by atomic mass is 10.1. The highest BCUT2D eigenvalue weighted by Crippen LogP contribution is 2.18. The van der Waals surface area contributed by atoms with Gasteiger partial charge in [0, 0.05) is 47.5 Å². The number of nitrogens with zero attached hydrogens (tertiary/aromatic N) is 1. The summed E-state index contributed by atoms with van der Waals surface area (Å²) in [6, 6.07) is 22.7. The molecular formula is C27H27N5O2. The molecule has 0 spiro atoms. The van der Waals surface area contributed by atoms with E-state index in [1.807, 2.05) is 55.6 Å². The number of carbonyl (C=O) groups is 2. The van der Waals surface area contributed by atoms with Gasteiger partial charge in [-0.3, -0.25) is 19.9 Å². The molecule has 4 N–H and O–H groups in total. The van der Waals surface area contributed by atoms with Gasteiger partial charge in [-0.05, 0) is 60.9 Å². The summed E-state index contributed by atoms with van der Waals surface area (Å²) in [6.07, 6.45) is 2.73. The van der Waals surface area contributed by atoms with Crippen LogP contribution in [0.1, 0.15) is 28.4 Å². The molecule has 0 aliphatic carbocycles. The molecule has 172 valence electrons. The molecule has 34 heavy (non-hydrogen) atoms. The number of aromatic nitrogens is 1. The Balaban J connectivity index is 1.50. The SMILES string of the molecule is CC(=O)Nc1ccc(C(=O)NC(=NCCc2c[nH]c3ccccc23)Nc2ccccc2C)cc1. The number of anilines is 2. The molecule has 7 heteroatoms.